The predicted molar refractivity (Wildman–Crippen MR) is 624 cm³/mol. The van der Waals surface area contributed by atoms with E-state index in [-0.39, 0.29) is 5.41 Å². The van der Waals surface area contributed by atoms with Crippen LogP contribution in [0.25, 0.3) is 274 Å². The fraction of sp³-hybridized carbons (Fsp3) is 0.0207. The third-order valence-corrected chi connectivity index (χ3v) is 30.9. The molecule has 0 bridgehead atoms. The molecule has 0 atom stereocenters. The summed E-state index contributed by atoms with van der Waals surface area (Å²) in [5.74, 6) is 0. The van der Waals surface area contributed by atoms with Crippen LogP contribution < -0.4 is 0 Å². The summed E-state index contributed by atoms with van der Waals surface area (Å²) in [7, 11) is 0. The first-order chi connectivity index (χ1) is 71.7. The smallest absolute Gasteiger partial charge is 0.0165 e. The van der Waals surface area contributed by atoms with Crippen LogP contribution in [0.15, 0.2) is 546 Å². The van der Waals surface area contributed by atoms with E-state index in [1.165, 1.54) is 285 Å². The minimum absolute atomic E-state index is 0.117. The Morgan fingerprint density at radius 1 is 0.110 bits per heavy atom. The molecule has 0 N–H and O–H groups in total. The van der Waals surface area contributed by atoms with Crippen molar-refractivity contribution in [2.24, 2.45) is 0 Å². The zero-order valence-electron chi connectivity index (χ0n) is 80.5. The van der Waals surface area contributed by atoms with Crippen LogP contribution in [0, 0.1) is 0 Å². The summed E-state index contributed by atoms with van der Waals surface area (Å²) in [6.07, 6.45) is 0. The Labute approximate surface area is 843 Å². The Morgan fingerprint density at radius 2 is 0.345 bits per heavy atom. The second kappa shape index (κ2) is 35.7. The average molecular weight is 1840 g/mol. The van der Waals surface area contributed by atoms with Crippen LogP contribution in [-0.4, -0.2) is 0 Å². The lowest BCUT2D eigenvalue weighted by Gasteiger charge is -2.24. The normalized spacial score (nSPS) is 12.1. The Kier molecular flexibility index (Phi) is 21.1. The van der Waals surface area contributed by atoms with E-state index in [4.69, 9.17) is 0 Å². The Balaban J connectivity index is 0.000000109. The first-order valence-corrected chi connectivity index (χ1v) is 50.5. The van der Waals surface area contributed by atoms with Gasteiger partial charge in [-0.15, -0.1) is 0 Å². The molecule has 0 spiro atoms. The lowest BCUT2D eigenvalue weighted by atomic mass is 9.79. The summed E-state index contributed by atoms with van der Waals surface area (Å²) in [5, 5.41) is 33.0. The first kappa shape index (κ1) is 85.7. The quantitative estimate of drug-likeness (QED) is 0.113. The molecule has 0 radical (unpaired) electrons. The number of benzene rings is 28. The van der Waals surface area contributed by atoms with Crippen LogP contribution in [0.2, 0.25) is 0 Å². The molecule has 0 saturated heterocycles. The number of fused-ring (bicyclic) bond motifs is 17. The van der Waals surface area contributed by atoms with Crippen LogP contribution >= 0.6 is 0 Å². The summed E-state index contributed by atoms with van der Waals surface area (Å²) in [6.45, 7) is 4.79. The van der Waals surface area contributed by atoms with Crippen molar-refractivity contribution in [3.05, 3.63) is 557 Å². The van der Waals surface area contributed by atoms with E-state index in [0.717, 1.165) is 0 Å². The van der Waals surface area contributed by atoms with Gasteiger partial charge in [0.15, 0.2) is 0 Å². The van der Waals surface area contributed by atoms with E-state index in [9.17, 15) is 0 Å². The van der Waals surface area contributed by atoms with E-state index in [0.29, 0.717) is 0 Å². The molecule has 0 nitrogen and oxygen atoms in total. The van der Waals surface area contributed by atoms with Gasteiger partial charge in [-0.1, -0.05) is 511 Å². The van der Waals surface area contributed by atoms with Crippen molar-refractivity contribution in [3.8, 4) is 134 Å². The van der Waals surface area contributed by atoms with Gasteiger partial charge in [0.2, 0.25) is 0 Å². The minimum atomic E-state index is -0.117. The van der Waals surface area contributed by atoms with Gasteiger partial charge in [-0.05, 0) is 333 Å². The number of hydrogen-bond acceptors (Lipinski definition) is 0. The molecule has 0 unspecified atom stereocenters. The van der Waals surface area contributed by atoms with Gasteiger partial charge in [-0.2, -0.15) is 0 Å². The summed E-state index contributed by atoms with van der Waals surface area (Å²) < 4.78 is 0. The second-order valence-corrected chi connectivity index (χ2v) is 39.5. The van der Waals surface area contributed by atoms with Gasteiger partial charge in [-0.25, -0.2) is 0 Å². The van der Waals surface area contributed by atoms with Crippen molar-refractivity contribution in [1.29, 1.82) is 0 Å². The monoisotopic (exact) mass is 1840 g/mol. The highest BCUT2D eigenvalue weighted by Crippen LogP contribution is 2.55. The lowest BCUT2D eigenvalue weighted by molar-refractivity contribution is 0.666. The molecular weight excluding hydrogens is 1740 g/mol. The van der Waals surface area contributed by atoms with Crippen molar-refractivity contribution in [2.75, 3.05) is 0 Å². The topological polar surface area (TPSA) is 0 Å². The molecule has 676 valence electrons. The average Bonchev–Trinajstić information content (AvgIpc) is 1.60. The Bertz CT molecular complexity index is 10100. The highest BCUT2D eigenvalue weighted by Gasteiger charge is 2.38. The maximum atomic E-state index is 2.46. The largest absolute Gasteiger partial charge is 0.0622 e. The van der Waals surface area contributed by atoms with Gasteiger partial charge in [0, 0.05) is 5.41 Å². The third-order valence-electron chi connectivity index (χ3n) is 30.9. The van der Waals surface area contributed by atoms with Crippen LogP contribution in [-0.2, 0) is 5.41 Å². The van der Waals surface area contributed by atoms with Gasteiger partial charge in [0.05, 0.1) is 0 Å². The lowest BCUT2D eigenvalue weighted by Crippen LogP contribution is -2.15. The maximum absolute atomic E-state index is 2.46. The molecule has 0 aromatic heterocycles. The van der Waals surface area contributed by atoms with Gasteiger partial charge in [-0.3, -0.25) is 0 Å². The van der Waals surface area contributed by atoms with Gasteiger partial charge in [0.1, 0.15) is 0 Å². The van der Waals surface area contributed by atoms with Crippen LogP contribution in [0.4, 0.5) is 0 Å². The van der Waals surface area contributed by atoms with Crippen LogP contribution in [0.5, 0.6) is 0 Å². The van der Waals surface area contributed by atoms with Gasteiger partial charge in [0.25, 0.3) is 0 Å². The minimum Gasteiger partial charge on any atom is -0.0622 e. The summed E-state index contributed by atoms with van der Waals surface area (Å²) >= 11 is 0. The van der Waals surface area contributed by atoms with E-state index in [2.05, 4.69) is 560 Å². The Hall–Kier alpha value is -18.5. The molecule has 0 heteroatoms. The second-order valence-electron chi connectivity index (χ2n) is 39.5. The van der Waals surface area contributed by atoms with Crippen LogP contribution in [0.1, 0.15) is 25.0 Å². The molecule has 1 aliphatic carbocycles. The van der Waals surface area contributed by atoms with E-state index in [1.807, 2.05) is 0 Å². The van der Waals surface area contributed by atoms with Crippen molar-refractivity contribution >= 4 is 140 Å². The summed E-state index contributed by atoms with van der Waals surface area (Å²) in [5.41, 5.74) is 32.9. The van der Waals surface area contributed by atoms with Gasteiger partial charge >= 0.3 is 0 Å². The molecule has 0 heterocycles. The maximum Gasteiger partial charge on any atom is 0.0165 e. The van der Waals surface area contributed by atoms with Gasteiger partial charge < -0.3 is 0 Å². The Morgan fingerprint density at radius 3 is 0.752 bits per heavy atom. The third kappa shape index (κ3) is 15.1. The van der Waals surface area contributed by atoms with E-state index >= 15 is 0 Å². The van der Waals surface area contributed by atoms with Crippen molar-refractivity contribution in [2.45, 2.75) is 19.3 Å². The molecule has 0 aliphatic heterocycles. The fourth-order valence-electron chi connectivity index (χ4n) is 23.9. The highest BCUT2D eigenvalue weighted by atomic mass is 14.4. The van der Waals surface area contributed by atoms with E-state index in [1.54, 1.807) is 0 Å². The highest BCUT2D eigenvalue weighted by molar-refractivity contribution is 6.26. The standard InChI is InChI=1S/C53H36.C50H32.C42H28/c1-53(2)49-32-39(24-26-43(49)47-28-23-35-13-7-8-16-42(35)52(47)53)38-25-27-46-48(31-38)51(41-22-20-34-12-4-6-15-37(34)30-41)45-18-10-9-17-44(45)50(46)40-21-19-33-11-3-5-14-36(33)29-40;1-2-14-38-31-40(28-23-33(38)11-1)50-46-20-8-7-19-45(46)49(37-26-24-36(25-27-37)43-21-9-15-34-12-3-5-17-41(34)43)48-32-39(29-30-47(48)50)44-22-10-16-35-13-4-6-18-42(35)44;1-3-11-29(12-4-1)32-19-22-33(23-20-32)41-37-17-9-10-18-38(37)42(36-24-21-31-15-7-8-16-34(31)27-36)39-26-25-35(28-40(39)41)30-13-5-2-6-14-30/h3-32H,1-2H3;1-32H;1-28H. The first-order valence-electron chi connectivity index (χ1n) is 50.5. The van der Waals surface area contributed by atoms with Crippen molar-refractivity contribution in [3.63, 3.8) is 0 Å². The van der Waals surface area contributed by atoms with Crippen molar-refractivity contribution < 1.29 is 0 Å². The number of rotatable bonds is 11. The molecule has 28 aromatic rings. The molecule has 0 fully saturated rings. The van der Waals surface area contributed by atoms with Crippen LogP contribution in [0.3, 0.4) is 0 Å². The zero-order chi connectivity index (χ0) is 96.2. The molecule has 0 saturated carbocycles. The summed E-state index contributed by atoms with van der Waals surface area (Å²) in [6, 6.07) is 201. The van der Waals surface area contributed by atoms with E-state index < -0.39 is 0 Å². The molecule has 0 amide bonds. The molecule has 145 heavy (non-hydrogen) atoms. The molecular formula is C145H96. The van der Waals surface area contributed by atoms with Crippen molar-refractivity contribution in [1.82, 2.24) is 0 Å². The molecule has 1 aliphatic rings. The fourth-order valence-corrected chi connectivity index (χ4v) is 23.9. The zero-order valence-corrected chi connectivity index (χ0v) is 80.5. The predicted octanol–water partition coefficient (Wildman–Crippen LogP) is 40.7. The number of hydrogen-bond donors (Lipinski definition) is 0. The molecule has 28 aromatic carbocycles. The SMILES string of the molecule is CC1(C)c2cc(-c3ccc4c(-c5ccc6ccccc6c5)c5ccccc5c(-c5ccc6ccccc6c5)c4c3)ccc2-c2ccc3ccccc3c21.c1ccc(-c2ccc(-c3c4ccccc4c(-c4ccc5ccccc5c4)c4ccc(-c5ccccc5)cc34)cc2)cc1.c1ccc2cc(-c3c4ccccc4c(-c4ccc(-c5cccc6ccccc56)cc4)c4cc(-c5cccc6ccccc56)ccc34)ccc2c1. The summed E-state index contributed by atoms with van der Waals surface area (Å²) in [4.78, 5) is 0. The molecule has 29 rings (SSSR count).